The molecule has 0 bridgehead atoms. The number of carbonyl (C=O) groups excluding carboxylic acids is 2. The smallest absolute Gasteiger partial charge is 0.350 e. The van der Waals surface area contributed by atoms with Gasteiger partial charge in [0.1, 0.15) is 5.94 Å². The van der Waals surface area contributed by atoms with Crippen LogP contribution in [0.25, 0.3) is 5.57 Å². The molecule has 0 spiro atoms. The highest BCUT2D eigenvalue weighted by Gasteiger charge is 2.15. The number of hydrogen-bond donors (Lipinski definition) is 1. The molecule has 0 fully saturated rings. The van der Waals surface area contributed by atoms with Gasteiger partial charge in [-0.2, -0.15) is 0 Å². The first-order valence-corrected chi connectivity index (χ1v) is 4.72. The van der Waals surface area contributed by atoms with Gasteiger partial charge in [-0.3, -0.25) is 4.79 Å². The summed E-state index contributed by atoms with van der Waals surface area (Å²) >= 11 is 0. The predicted octanol–water partition coefficient (Wildman–Crippen LogP) is 0.461. The molecule has 0 aliphatic heterocycles. The number of pyridine rings is 1. The van der Waals surface area contributed by atoms with Crippen molar-refractivity contribution >= 4 is 17.5 Å². The van der Waals surface area contributed by atoms with Crippen molar-refractivity contribution in [2.24, 2.45) is 0 Å². The maximum atomic E-state index is 11.4. The fraction of sp³-hybridized carbons (Fsp3) is 0.273. The minimum atomic E-state index is -0.775. The van der Waals surface area contributed by atoms with E-state index >= 15 is 0 Å². The van der Waals surface area contributed by atoms with E-state index in [2.05, 4.69) is 9.72 Å². The Balaban J connectivity index is 3.20. The number of aryl methyl sites for hydroxylation is 1. The zero-order valence-corrected chi connectivity index (χ0v) is 8.99. The second-order valence-electron chi connectivity index (χ2n) is 3.11. The summed E-state index contributed by atoms with van der Waals surface area (Å²) in [6.07, 6.45) is 0. The number of hydrogen-bond acceptors (Lipinski definition) is 4. The largest absolute Gasteiger partial charge is 0.462 e. The third-order valence-corrected chi connectivity index (χ3v) is 1.85. The molecule has 0 saturated heterocycles. The lowest BCUT2D eigenvalue weighted by Gasteiger charge is -2.03. The normalized spacial score (nSPS) is 9.38. The van der Waals surface area contributed by atoms with Crippen LogP contribution >= 0.6 is 0 Å². The molecule has 84 valence electrons. The van der Waals surface area contributed by atoms with Crippen molar-refractivity contribution in [3.8, 4) is 0 Å². The predicted molar refractivity (Wildman–Crippen MR) is 57.5 cm³/mol. The number of rotatable bonds is 3. The van der Waals surface area contributed by atoms with Gasteiger partial charge in [-0.25, -0.2) is 9.59 Å². The first-order chi connectivity index (χ1) is 7.58. The Morgan fingerprint density at radius 2 is 2.19 bits per heavy atom. The Morgan fingerprint density at radius 1 is 1.50 bits per heavy atom. The van der Waals surface area contributed by atoms with E-state index in [1.165, 1.54) is 12.0 Å². The highest BCUT2D eigenvalue weighted by Crippen LogP contribution is 2.11. The molecule has 0 aliphatic rings. The summed E-state index contributed by atoms with van der Waals surface area (Å²) in [7, 11) is 0. The monoisotopic (exact) mass is 221 g/mol. The Morgan fingerprint density at radius 3 is 2.69 bits per heavy atom. The molecule has 1 N–H and O–H groups in total. The topological polar surface area (TPSA) is 76.2 Å². The summed E-state index contributed by atoms with van der Waals surface area (Å²) < 4.78 is 4.68. The van der Waals surface area contributed by atoms with Crippen LogP contribution in [0.15, 0.2) is 16.9 Å². The fourth-order valence-electron chi connectivity index (χ4n) is 1.25. The number of ether oxygens (including phenoxy) is 1. The van der Waals surface area contributed by atoms with E-state index in [0.717, 1.165) is 6.07 Å². The number of nitrogens with one attached hydrogen (secondary N) is 1. The average molecular weight is 221 g/mol. The van der Waals surface area contributed by atoms with Crippen LogP contribution in [0.4, 0.5) is 0 Å². The number of aromatic amines is 1. The van der Waals surface area contributed by atoms with Gasteiger partial charge in [0.25, 0.3) is 0 Å². The molecule has 0 unspecified atom stereocenters. The van der Waals surface area contributed by atoms with E-state index in [-0.39, 0.29) is 23.3 Å². The van der Waals surface area contributed by atoms with Gasteiger partial charge in [0.2, 0.25) is 5.56 Å². The van der Waals surface area contributed by atoms with Crippen molar-refractivity contribution in [2.75, 3.05) is 6.61 Å². The highest BCUT2D eigenvalue weighted by atomic mass is 16.5. The van der Waals surface area contributed by atoms with Crippen LogP contribution in [0.3, 0.4) is 0 Å². The second-order valence-corrected chi connectivity index (χ2v) is 3.11. The van der Waals surface area contributed by atoms with Gasteiger partial charge in [-0.15, -0.1) is 0 Å². The third kappa shape index (κ3) is 2.68. The van der Waals surface area contributed by atoms with Crippen molar-refractivity contribution in [2.45, 2.75) is 13.8 Å². The van der Waals surface area contributed by atoms with Crippen molar-refractivity contribution in [3.63, 3.8) is 0 Å². The summed E-state index contributed by atoms with van der Waals surface area (Å²) in [6, 6.07) is 2.67. The van der Waals surface area contributed by atoms with Crippen molar-refractivity contribution < 1.29 is 14.3 Å². The Hall–Kier alpha value is -2.13. The first kappa shape index (κ1) is 11.9. The molecule has 1 aromatic heterocycles. The van der Waals surface area contributed by atoms with Crippen LogP contribution in [0.5, 0.6) is 0 Å². The molecule has 0 atom stereocenters. The van der Waals surface area contributed by atoms with Gasteiger partial charge in [-0.1, -0.05) is 0 Å². The lowest BCUT2D eigenvalue weighted by Crippen LogP contribution is -2.12. The third-order valence-electron chi connectivity index (χ3n) is 1.85. The van der Waals surface area contributed by atoms with Gasteiger partial charge in [0.05, 0.1) is 6.61 Å². The Labute approximate surface area is 91.7 Å². The Bertz CT molecular complexity index is 509. The fourth-order valence-corrected chi connectivity index (χ4v) is 1.25. The van der Waals surface area contributed by atoms with Crippen molar-refractivity contribution in [1.29, 1.82) is 0 Å². The van der Waals surface area contributed by atoms with Crippen molar-refractivity contribution in [1.82, 2.24) is 4.98 Å². The molecule has 0 amide bonds. The summed E-state index contributed by atoms with van der Waals surface area (Å²) in [6.45, 7) is 3.44. The highest BCUT2D eigenvalue weighted by molar-refractivity contribution is 6.25. The molecule has 0 saturated carbocycles. The minimum Gasteiger partial charge on any atom is -0.462 e. The molecule has 5 heteroatoms. The maximum Gasteiger partial charge on any atom is 0.350 e. The molecule has 1 aromatic rings. The first-order valence-electron chi connectivity index (χ1n) is 4.72. The molecular weight excluding hydrogens is 210 g/mol. The van der Waals surface area contributed by atoms with Crippen molar-refractivity contribution in [3.05, 3.63) is 33.7 Å². The number of esters is 1. The second kappa shape index (κ2) is 5.09. The van der Waals surface area contributed by atoms with Gasteiger partial charge in [0.15, 0.2) is 5.57 Å². The Kier molecular flexibility index (Phi) is 3.80. The van der Waals surface area contributed by atoms with Crippen LogP contribution in [0.1, 0.15) is 18.2 Å². The number of H-pyrrole nitrogens is 1. The maximum absolute atomic E-state index is 11.4. The molecule has 0 aliphatic carbocycles. The molecule has 0 aromatic carbocycles. The molecule has 0 radical (unpaired) electrons. The van der Waals surface area contributed by atoms with E-state index in [9.17, 15) is 14.4 Å². The van der Waals surface area contributed by atoms with Crippen LogP contribution in [0, 0.1) is 6.92 Å². The number of aromatic nitrogens is 1. The van der Waals surface area contributed by atoms with Gasteiger partial charge < -0.3 is 9.72 Å². The minimum absolute atomic E-state index is 0.159. The summed E-state index contributed by atoms with van der Waals surface area (Å²) in [5, 5.41) is 0. The van der Waals surface area contributed by atoms with Gasteiger partial charge in [-0.05, 0) is 19.9 Å². The van der Waals surface area contributed by atoms with Crippen LogP contribution in [-0.2, 0) is 14.3 Å². The standard InChI is InChI=1S/C11H11NO4/c1-3-16-11(15)9(6-13)8-4-7(2)12-10(14)5-8/h4-5H,3H2,1-2H3,(H,12,14). The van der Waals surface area contributed by atoms with Gasteiger partial charge >= 0.3 is 5.97 Å². The average Bonchev–Trinajstić information content (AvgIpc) is 2.17. The van der Waals surface area contributed by atoms with E-state index in [1.807, 2.05) is 0 Å². The molecule has 5 nitrogen and oxygen atoms in total. The quantitative estimate of drug-likeness (QED) is 0.457. The molecule has 16 heavy (non-hydrogen) atoms. The summed E-state index contributed by atoms with van der Waals surface area (Å²) in [5.74, 6) is 0.721. The van der Waals surface area contributed by atoms with E-state index in [1.54, 1.807) is 13.8 Å². The summed E-state index contributed by atoms with van der Waals surface area (Å²) in [5.41, 5.74) is 0.123. The lowest BCUT2D eigenvalue weighted by molar-refractivity contribution is -0.135. The van der Waals surface area contributed by atoms with Crippen LogP contribution in [0.2, 0.25) is 0 Å². The molecule has 1 rings (SSSR count). The zero-order chi connectivity index (χ0) is 12.1. The molecule has 1 heterocycles. The van der Waals surface area contributed by atoms with E-state index in [0.29, 0.717) is 5.69 Å². The molecular formula is C11H11NO4. The SMILES string of the molecule is CCOC(=O)C(=C=O)c1cc(C)[nH]c(=O)c1. The van der Waals surface area contributed by atoms with Crippen LogP contribution in [-0.4, -0.2) is 23.5 Å². The van der Waals surface area contributed by atoms with Crippen LogP contribution < -0.4 is 5.56 Å². The lowest BCUT2D eigenvalue weighted by atomic mass is 10.1. The number of carbonyl (C=O) groups is 1. The van der Waals surface area contributed by atoms with E-state index in [4.69, 9.17) is 0 Å². The van der Waals surface area contributed by atoms with E-state index < -0.39 is 5.97 Å². The summed E-state index contributed by atoms with van der Waals surface area (Å²) in [4.78, 5) is 35.7. The zero-order valence-electron chi connectivity index (χ0n) is 8.99. The van der Waals surface area contributed by atoms with Gasteiger partial charge in [0, 0.05) is 17.3 Å².